The summed E-state index contributed by atoms with van der Waals surface area (Å²) in [6.07, 6.45) is -1.21. The van der Waals surface area contributed by atoms with E-state index in [1.165, 1.54) is 0 Å². The molecule has 0 radical (unpaired) electrons. The third-order valence-corrected chi connectivity index (χ3v) is 3.72. The quantitative estimate of drug-likeness (QED) is 0.659. The monoisotopic (exact) mass is 315 g/mol. The van der Waals surface area contributed by atoms with E-state index in [0.29, 0.717) is 0 Å². The molecule has 7 nitrogen and oxygen atoms in total. The Morgan fingerprint density at radius 2 is 1.95 bits per heavy atom. The molecule has 0 heterocycles. The SMILES string of the molecule is CP(=O)(O)CCC(NC(=O)OCc1ccccc1)C(=O)O. The number of rotatable bonds is 7. The van der Waals surface area contributed by atoms with Crippen LogP contribution < -0.4 is 5.32 Å². The number of amides is 1. The molecule has 1 amide bonds. The average molecular weight is 315 g/mol. The molecule has 0 aliphatic heterocycles. The van der Waals surface area contributed by atoms with Crippen LogP contribution in [0.3, 0.4) is 0 Å². The summed E-state index contributed by atoms with van der Waals surface area (Å²) in [6.45, 7) is 1.16. The van der Waals surface area contributed by atoms with Crippen LogP contribution in [0.15, 0.2) is 30.3 Å². The van der Waals surface area contributed by atoms with Crippen LogP contribution >= 0.6 is 7.37 Å². The van der Waals surface area contributed by atoms with Crippen LogP contribution in [0, 0.1) is 0 Å². The summed E-state index contributed by atoms with van der Waals surface area (Å²) in [7, 11) is -3.32. The molecule has 1 aromatic rings. The second-order valence-electron chi connectivity index (χ2n) is 4.66. The number of hydrogen-bond acceptors (Lipinski definition) is 4. The number of alkyl carbamates (subject to hydrolysis) is 1. The van der Waals surface area contributed by atoms with Crippen LogP contribution in [0.1, 0.15) is 12.0 Å². The number of ether oxygens (including phenoxy) is 1. The Kier molecular flexibility index (Phi) is 6.39. The lowest BCUT2D eigenvalue weighted by molar-refractivity contribution is -0.139. The third-order valence-electron chi connectivity index (χ3n) is 2.64. The van der Waals surface area contributed by atoms with E-state index >= 15 is 0 Å². The van der Waals surface area contributed by atoms with Gasteiger partial charge in [-0.25, -0.2) is 9.59 Å². The maximum absolute atomic E-state index is 11.5. The minimum atomic E-state index is -3.32. The molecule has 0 bridgehead atoms. The van der Waals surface area contributed by atoms with E-state index in [1.807, 2.05) is 6.07 Å². The fourth-order valence-electron chi connectivity index (χ4n) is 1.53. The van der Waals surface area contributed by atoms with Gasteiger partial charge in [-0.05, 0) is 12.0 Å². The molecular weight excluding hydrogens is 297 g/mol. The topological polar surface area (TPSA) is 113 Å². The number of nitrogens with one attached hydrogen (secondary N) is 1. The molecule has 0 fully saturated rings. The fraction of sp³-hybridized carbons (Fsp3) is 0.385. The molecule has 2 atom stereocenters. The van der Waals surface area contributed by atoms with Crippen molar-refractivity contribution in [2.45, 2.75) is 19.1 Å². The molecule has 1 rings (SSSR count). The third kappa shape index (κ3) is 7.48. The Balaban J connectivity index is 2.45. The standard InChI is InChI=1S/C13H18NO6P/c1-21(18,19)8-7-11(12(15)16)14-13(17)20-9-10-5-3-2-4-6-10/h2-6,11H,7-9H2,1H3,(H,14,17)(H,15,16)(H,18,19). The predicted octanol–water partition coefficient (Wildman–Crippen LogP) is 1.66. The van der Waals surface area contributed by atoms with Crippen molar-refractivity contribution in [3.8, 4) is 0 Å². The van der Waals surface area contributed by atoms with Gasteiger partial charge in [0.1, 0.15) is 12.6 Å². The second kappa shape index (κ2) is 7.81. The van der Waals surface area contributed by atoms with Gasteiger partial charge in [0.05, 0.1) is 0 Å². The lowest BCUT2D eigenvalue weighted by Crippen LogP contribution is -2.41. The van der Waals surface area contributed by atoms with E-state index in [4.69, 9.17) is 14.7 Å². The van der Waals surface area contributed by atoms with Gasteiger partial charge in [-0.1, -0.05) is 30.3 Å². The second-order valence-corrected chi connectivity index (χ2v) is 7.21. The zero-order valence-electron chi connectivity index (χ0n) is 11.6. The number of carbonyl (C=O) groups is 2. The Hall–Kier alpha value is -1.85. The van der Waals surface area contributed by atoms with E-state index in [2.05, 4.69) is 5.32 Å². The highest BCUT2D eigenvalue weighted by molar-refractivity contribution is 7.57. The first-order chi connectivity index (χ1) is 9.78. The van der Waals surface area contributed by atoms with Crippen LogP contribution in [-0.2, 0) is 20.7 Å². The van der Waals surface area contributed by atoms with Gasteiger partial charge in [-0.2, -0.15) is 0 Å². The molecule has 116 valence electrons. The normalized spacial score (nSPS) is 14.8. The van der Waals surface area contributed by atoms with Crippen molar-refractivity contribution < 1.29 is 28.9 Å². The molecule has 0 aliphatic rings. The van der Waals surface area contributed by atoms with E-state index in [9.17, 15) is 14.2 Å². The minimum absolute atomic E-state index is 0.0191. The average Bonchev–Trinajstić information content (AvgIpc) is 2.41. The fourth-order valence-corrected chi connectivity index (χ4v) is 2.27. The van der Waals surface area contributed by atoms with Crippen LogP contribution in [0.2, 0.25) is 0 Å². The van der Waals surface area contributed by atoms with E-state index in [0.717, 1.165) is 12.2 Å². The number of carboxylic acid groups (broad SMARTS) is 1. The van der Waals surface area contributed by atoms with Gasteiger partial charge in [-0.3, -0.25) is 4.57 Å². The van der Waals surface area contributed by atoms with Crippen LogP contribution in [-0.4, -0.2) is 40.9 Å². The minimum Gasteiger partial charge on any atom is -0.480 e. The van der Waals surface area contributed by atoms with E-state index in [1.54, 1.807) is 24.3 Å². The predicted molar refractivity (Wildman–Crippen MR) is 76.4 cm³/mol. The van der Waals surface area contributed by atoms with Gasteiger partial charge in [0.15, 0.2) is 7.37 Å². The summed E-state index contributed by atoms with van der Waals surface area (Å²) in [6, 6.07) is 7.67. The maximum atomic E-state index is 11.5. The van der Waals surface area contributed by atoms with Crippen molar-refractivity contribution in [2.75, 3.05) is 12.8 Å². The van der Waals surface area contributed by atoms with Crippen molar-refractivity contribution in [3.05, 3.63) is 35.9 Å². The molecule has 1 aromatic carbocycles. The van der Waals surface area contributed by atoms with Gasteiger partial charge in [-0.15, -0.1) is 0 Å². The summed E-state index contributed by atoms with van der Waals surface area (Å²) >= 11 is 0. The lowest BCUT2D eigenvalue weighted by Gasteiger charge is -2.15. The van der Waals surface area contributed by atoms with Gasteiger partial charge in [0.2, 0.25) is 0 Å². The van der Waals surface area contributed by atoms with Gasteiger partial charge < -0.3 is 20.1 Å². The van der Waals surface area contributed by atoms with Crippen LogP contribution in [0.5, 0.6) is 0 Å². The zero-order chi connectivity index (χ0) is 15.9. The molecule has 0 saturated carbocycles. The van der Waals surface area contributed by atoms with Gasteiger partial charge in [0.25, 0.3) is 0 Å². The summed E-state index contributed by atoms with van der Waals surface area (Å²) in [5.41, 5.74) is 0.771. The number of hydrogen-bond donors (Lipinski definition) is 3. The van der Waals surface area contributed by atoms with Crippen LogP contribution in [0.4, 0.5) is 4.79 Å². The zero-order valence-corrected chi connectivity index (χ0v) is 12.5. The first-order valence-corrected chi connectivity index (χ1v) is 8.56. The Bertz CT molecular complexity index is 527. The van der Waals surface area contributed by atoms with E-state index in [-0.39, 0.29) is 19.2 Å². The van der Waals surface area contributed by atoms with Crippen molar-refractivity contribution in [1.29, 1.82) is 0 Å². The first-order valence-electron chi connectivity index (χ1n) is 6.27. The highest BCUT2D eigenvalue weighted by Crippen LogP contribution is 2.35. The lowest BCUT2D eigenvalue weighted by atomic mass is 10.2. The van der Waals surface area contributed by atoms with E-state index < -0.39 is 25.5 Å². The van der Waals surface area contributed by atoms with Gasteiger partial charge >= 0.3 is 12.1 Å². The smallest absolute Gasteiger partial charge is 0.408 e. The molecule has 21 heavy (non-hydrogen) atoms. The molecule has 2 unspecified atom stereocenters. The summed E-state index contributed by atoms with van der Waals surface area (Å²) in [5, 5.41) is 11.1. The van der Waals surface area contributed by atoms with Crippen molar-refractivity contribution in [1.82, 2.24) is 5.32 Å². The Labute approximate surface area is 122 Å². The maximum Gasteiger partial charge on any atom is 0.408 e. The summed E-state index contributed by atoms with van der Waals surface area (Å²) in [5.74, 6) is -1.28. The number of carbonyl (C=O) groups excluding carboxylic acids is 1. The summed E-state index contributed by atoms with van der Waals surface area (Å²) < 4.78 is 16.1. The Morgan fingerprint density at radius 3 is 2.48 bits per heavy atom. The molecule has 0 saturated heterocycles. The molecule has 0 aliphatic carbocycles. The largest absolute Gasteiger partial charge is 0.480 e. The molecule has 0 spiro atoms. The number of benzene rings is 1. The molecule has 0 aromatic heterocycles. The van der Waals surface area contributed by atoms with Crippen LogP contribution in [0.25, 0.3) is 0 Å². The Morgan fingerprint density at radius 1 is 1.33 bits per heavy atom. The first kappa shape index (κ1) is 17.2. The summed E-state index contributed by atoms with van der Waals surface area (Å²) in [4.78, 5) is 31.7. The molecule has 8 heteroatoms. The number of carboxylic acids is 1. The highest BCUT2D eigenvalue weighted by Gasteiger charge is 2.23. The highest BCUT2D eigenvalue weighted by atomic mass is 31.2. The number of aliphatic carboxylic acids is 1. The molecule has 3 N–H and O–H groups in total. The van der Waals surface area contributed by atoms with Crippen molar-refractivity contribution in [3.63, 3.8) is 0 Å². The molecular formula is C13H18NO6P. The van der Waals surface area contributed by atoms with Gasteiger partial charge in [0, 0.05) is 12.8 Å². The van der Waals surface area contributed by atoms with Crippen molar-refractivity contribution >= 4 is 19.4 Å². The van der Waals surface area contributed by atoms with Crippen molar-refractivity contribution in [2.24, 2.45) is 0 Å².